The molecule has 82 valence electrons. The first kappa shape index (κ1) is 11.5. The predicted octanol–water partition coefficient (Wildman–Crippen LogP) is -0.189. The lowest BCUT2D eigenvalue weighted by Gasteiger charge is -2.29. The van der Waals surface area contributed by atoms with Gasteiger partial charge in [-0.1, -0.05) is 13.8 Å². The summed E-state index contributed by atoms with van der Waals surface area (Å²) in [4.78, 5) is 13.4. The molecule has 0 spiro atoms. The Bertz CT molecular complexity index is 206. The molecule has 1 rings (SSSR count). The van der Waals surface area contributed by atoms with Gasteiger partial charge in [-0.05, 0) is 18.4 Å². The predicted molar refractivity (Wildman–Crippen MR) is 54.6 cm³/mol. The van der Waals surface area contributed by atoms with E-state index < -0.39 is 0 Å². The SMILES string of the molecule is CC(C)[C@H](CO)N1CC(CN)CC1=O. The van der Waals surface area contributed by atoms with Gasteiger partial charge < -0.3 is 15.7 Å². The maximum absolute atomic E-state index is 11.6. The van der Waals surface area contributed by atoms with Crippen molar-refractivity contribution in [2.45, 2.75) is 26.3 Å². The van der Waals surface area contributed by atoms with E-state index in [1.165, 1.54) is 0 Å². The summed E-state index contributed by atoms with van der Waals surface area (Å²) in [5.74, 6) is 0.698. The van der Waals surface area contributed by atoms with Crippen molar-refractivity contribution in [3.8, 4) is 0 Å². The van der Waals surface area contributed by atoms with Crippen LogP contribution in [0.2, 0.25) is 0 Å². The summed E-state index contributed by atoms with van der Waals surface area (Å²) in [5, 5.41) is 9.21. The fraction of sp³-hybridized carbons (Fsp3) is 0.900. The highest BCUT2D eigenvalue weighted by molar-refractivity contribution is 5.79. The van der Waals surface area contributed by atoms with Gasteiger partial charge in [-0.25, -0.2) is 0 Å². The summed E-state index contributed by atoms with van der Waals surface area (Å²) in [6.07, 6.45) is 0.541. The van der Waals surface area contributed by atoms with Crippen LogP contribution in [0.3, 0.4) is 0 Å². The maximum Gasteiger partial charge on any atom is 0.223 e. The van der Waals surface area contributed by atoms with Gasteiger partial charge in [0.25, 0.3) is 0 Å². The second-order valence-corrected chi connectivity index (χ2v) is 4.35. The molecule has 0 aliphatic carbocycles. The van der Waals surface area contributed by atoms with Crippen molar-refractivity contribution in [3.05, 3.63) is 0 Å². The molecular formula is C10H20N2O2. The molecule has 1 aliphatic heterocycles. The highest BCUT2D eigenvalue weighted by atomic mass is 16.3. The zero-order valence-electron chi connectivity index (χ0n) is 8.94. The lowest BCUT2D eigenvalue weighted by Crippen LogP contribution is -2.42. The third kappa shape index (κ3) is 2.25. The third-order valence-electron chi connectivity index (χ3n) is 2.93. The summed E-state index contributed by atoms with van der Waals surface area (Å²) in [7, 11) is 0. The van der Waals surface area contributed by atoms with Gasteiger partial charge in [-0.2, -0.15) is 0 Å². The largest absolute Gasteiger partial charge is 0.394 e. The van der Waals surface area contributed by atoms with Gasteiger partial charge in [0.05, 0.1) is 12.6 Å². The molecule has 3 N–H and O–H groups in total. The summed E-state index contributed by atoms with van der Waals surface area (Å²) in [6.45, 7) is 5.34. The van der Waals surface area contributed by atoms with Gasteiger partial charge in [0.1, 0.15) is 0 Å². The van der Waals surface area contributed by atoms with Gasteiger partial charge in [0, 0.05) is 13.0 Å². The Morgan fingerprint density at radius 1 is 1.64 bits per heavy atom. The average molecular weight is 200 g/mol. The average Bonchev–Trinajstić information content (AvgIpc) is 2.48. The van der Waals surface area contributed by atoms with Crippen molar-refractivity contribution in [2.75, 3.05) is 19.7 Å². The van der Waals surface area contributed by atoms with Crippen LogP contribution in [-0.4, -0.2) is 41.7 Å². The van der Waals surface area contributed by atoms with Crippen LogP contribution < -0.4 is 5.73 Å². The zero-order valence-corrected chi connectivity index (χ0v) is 8.94. The molecule has 1 saturated heterocycles. The van der Waals surface area contributed by atoms with Crippen LogP contribution in [0.4, 0.5) is 0 Å². The van der Waals surface area contributed by atoms with Crippen LogP contribution in [0.5, 0.6) is 0 Å². The quantitative estimate of drug-likeness (QED) is 0.661. The fourth-order valence-corrected chi connectivity index (χ4v) is 1.96. The maximum atomic E-state index is 11.6. The molecular weight excluding hydrogens is 180 g/mol. The molecule has 1 unspecified atom stereocenters. The highest BCUT2D eigenvalue weighted by Gasteiger charge is 2.34. The van der Waals surface area contributed by atoms with E-state index in [2.05, 4.69) is 0 Å². The van der Waals surface area contributed by atoms with Crippen LogP contribution in [-0.2, 0) is 4.79 Å². The molecule has 1 amide bonds. The van der Waals surface area contributed by atoms with Crippen molar-refractivity contribution in [2.24, 2.45) is 17.6 Å². The Morgan fingerprint density at radius 2 is 2.29 bits per heavy atom. The van der Waals surface area contributed by atoms with E-state index >= 15 is 0 Å². The van der Waals surface area contributed by atoms with Gasteiger partial charge >= 0.3 is 0 Å². The summed E-state index contributed by atoms with van der Waals surface area (Å²) in [6, 6.07) is -0.0425. The van der Waals surface area contributed by atoms with E-state index in [1.807, 2.05) is 13.8 Å². The highest BCUT2D eigenvalue weighted by Crippen LogP contribution is 2.22. The van der Waals surface area contributed by atoms with Crippen LogP contribution in [0, 0.1) is 11.8 Å². The number of aliphatic hydroxyl groups excluding tert-OH is 1. The first-order valence-corrected chi connectivity index (χ1v) is 5.20. The minimum atomic E-state index is -0.0425. The Kier molecular flexibility index (Phi) is 3.89. The zero-order chi connectivity index (χ0) is 10.7. The van der Waals surface area contributed by atoms with Crippen LogP contribution >= 0.6 is 0 Å². The van der Waals surface area contributed by atoms with Gasteiger partial charge in [-0.15, -0.1) is 0 Å². The monoisotopic (exact) mass is 200 g/mol. The lowest BCUT2D eigenvalue weighted by atomic mass is 10.0. The molecule has 0 saturated carbocycles. The van der Waals surface area contributed by atoms with E-state index in [1.54, 1.807) is 4.90 Å². The van der Waals surface area contributed by atoms with Crippen molar-refractivity contribution < 1.29 is 9.90 Å². The molecule has 1 aliphatic rings. The number of carbonyl (C=O) groups is 1. The number of carbonyl (C=O) groups excluding carboxylic acids is 1. The molecule has 0 aromatic heterocycles. The van der Waals surface area contributed by atoms with E-state index in [9.17, 15) is 9.90 Å². The summed E-state index contributed by atoms with van der Waals surface area (Å²) < 4.78 is 0. The van der Waals surface area contributed by atoms with E-state index in [-0.39, 0.29) is 24.5 Å². The van der Waals surface area contributed by atoms with Gasteiger partial charge in [0.15, 0.2) is 0 Å². The first-order chi connectivity index (χ1) is 6.60. The van der Waals surface area contributed by atoms with Crippen molar-refractivity contribution in [1.82, 2.24) is 4.90 Å². The lowest BCUT2D eigenvalue weighted by molar-refractivity contribution is -0.131. The Labute approximate surface area is 85.1 Å². The van der Waals surface area contributed by atoms with Crippen molar-refractivity contribution >= 4 is 5.91 Å². The standard InChI is InChI=1S/C10H20N2O2/c1-7(2)9(6-13)12-5-8(4-11)3-10(12)14/h7-9,13H,3-6,11H2,1-2H3/t8?,9-/m0/s1. The number of hydrogen-bond donors (Lipinski definition) is 2. The smallest absolute Gasteiger partial charge is 0.223 e. The third-order valence-corrected chi connectivity index (χ3v) is 2.93. The Hall–Kier alpha value is -0.610. The summed E-state index contributed by atoms with van der Waals surface area (Å²) >= 11 is 0. The second-order valence-electron chi connectivity index (χ2n) is 4.35. The Morgan fingerprint density at radius 3 is 2.64 bits per heavy atom. The number of likely N-dealkylation sites (tertiary alicyclic amines) is 1. The number of amides is 1. The van der Waals surface area contributed by atoms with Crippen LogP contribution in [0.1, 0.15) is 20.3 Å². The minimum Gasteiger partial charge on any atom is -0.394 e. The minimum absolute atomic E-state index is 0.0424. The van der Waals surface area contributed by atoms with Crippen molar-refractivity contribution in [1.29, 1.82) is 0 Å². The molecule has 0 aromatic carbocycles. The number of hydrogen-bond acceptors (Lipinski definition) is 3. The van der Waals surface area contributed by atoms with E-state index in [4.69, 9.17) is 5.73 Å². The Balaban J connectivity index is 2.63. The number of aliphatic hydroxyl groups is 1. The molecule has 2 atom stereocenters. The molecule has 0 radical (unpaired) electrons. The molecule has 4 nitrogen and oxygen atoms in total. The first-order valence-electron chi connectivity index (χ1n) is 5.20. The van der Waals surface area contributed by atoms with Gasteiger partial charge in [-0.3, -0.25) is 4.79 Å². The van der Waals surface area contributed by atoms with E-state index in [0.717, 1.165) is 0 Å². The molecule has 0 aromatic rings. The number of nitrogens with zero attached hydrogens (tertiary/aromatic N) is 1. The molecule has 4 heteroatoms. The molecule has 1 fully saturated rings. The number of rotatable bonds is 4. The number of nitrogens with two attached hydrogens (primary N) is 1. The molecule has 14 heavy (non-hydrogen) atoms. The molecule has 0 bridgehead atoms. The normalized spacial score (nSPS) is 24.8. The van der Waals surface area contributed by atoms with Crippen molar-refractivity contribution in [3.63, 3.8) is 0 Å². The van der Waals surface area contributed by atoms with Crippen LogP contribution in [0.25, 0.3) is 0 Å². The second kappa shape index (κ2) is 4.75. The fourth-order valence-electron chi connectivity index (χ4n) is 1.96. The van der Waals surface area contributed by atoms with E-state index in [0.29, 0.717) is 25.4 Å². The van der Waals surface area contributed by atoms with Gasteiger partial charge in [0.2, 0.25) is 5.91 Å². The molecule has 1 heterocycles. The topological polar surface area (TPSA) is 66.6 Å². The summed E-state index contributed by atoms with van der Waals surface area (Å²) in [5.41, 5.74) is 5.53. The van der Waals surface area contributed by atoms with Crippen LogP contribution in [0.15, 0.2) is 0 Å².